The van der Waals surface area contributed by atoms with Gasteiger partial charge < -0.3 is 14.9 Å². The summed E-state index contributed by atoms with van der Waals surface area (Å²) in [6.07, 6.45) is 0.920. The van der Waals surface area contributed by atoms with Crippen LogP contribution in [0.25, 0.3) is 0 Å². The summed E-state index contributed by atoms with van der Waals surface area (Å²) in [5.41, 5.74) is 1.07. The fourth-order valence-electron chi connectivity index (χ4n) is 2.40. The lowest BCUT2D eigenvalue weighted by Gasteiger charge is -2.31. The number of aliphatic hydroxyl groups is 2. The van der Waals surface area contributed by atoms with Crippen LogP contribution in [0.5, 0.6) is 0 Å². The van der Waals surface area contributed by atoms with E-state index in [2.05, 4.69) is 0 Å². The first-order valence-corrected chi connectivity index (χ1v) is 7.39. The number of aliphatic hydroxyl groups excluding tert-OH is 2. The Labute approximate surface area is 126 Å². The summed E-state index contributed by atoms with van der Waals surface area (Å²) in [7, 11) is 0. The maximum atomic E-state index is 11.6. The molecule has 5 nitrogen and oxygen atoms in total. The summed E-state index contributed by atoms with van der Waals surface area (Å²) in [6, 6.07) is 9.81. The third-order valence-corrected chi connectivity index (χ3v) is 3.33. The molecular weight excluding hydrogens is 270 g/mol. The Morgan fingerprint density at radius 2 is 1.81 bits per heavy atom. The van der Waals surface area contributed by atoms with Crippen molar-refractivity contribution in [3.63, 3.8) is 0 Å². The zero-order valence-corrected chi connectivity index (χ0v) is 12.6. The third-order valence-electron chi connectivity index (χ3n) is 3.33. The molecule has 1 atom stereocenters. The fourth-order valence-corrected chi connectivity index (χ4v) is 2.40. The number of carbonyl (C=O) groups excluding carboxylic acids is 1. The summed E-state index contributed by atoms with van der Waals surface area (Å²) in [4.78, 5) is 13.6. The third kappa shape index (κ3) is 6.25. The van der Waals surface area contributed by atoms with Gasteiger partial charge >= 0.3 is 5.97 Å². The molecule has 1 rings (SSSR count). The fraction of sp³-hybridized carbons (Fsp3) is 0.562. The van der Waals surface area contributed by atoms with Gasteiger partial charge in [-0.2, -0.15) is 0 Å². The Hall–Kier alpha value is -1.43. The minimum absolute atomic E-state index is 0.0166. The Morgan fingerprint density at radius 1 is 1.19 bits per heavy atom. The number of hydrogen-bond acceptors (Lipinski definition) is 5. The Morgan fingerprint density at radius 3 is 2.33 bits per heavy atom. The lowest BCUT2D eigenvalue weighted by Crippen LogP contribution is -2.34. The van der Waals surface area contributed by atoms with Gasteiger partial charge in [-0.3, -0.25) is 9.69 Å². The van der Waals surface area contributed by atoms with Gasteiger partial charge in [0.25, 0.3) is 0 Å². The highest BCUT2D eigenvalue weighted by molar-refractivity contribution is 5.69. The minimum Gasteiger partial charge on any atom is -0.466 e. The first-order valence-electron chi connectivity index (χ1n) is 7.39. The van der Waals surface area contributed by atoms with Crippen molar-refractivity contribution in [3.05, 3.63) is 35.9 Å². The summed E-state index contributed by atoms with van der Waals surface area (Å²) in [6.45, 7) is 3.12. The molecule has 0 fully saturated rings. The highest BCUT2D eigenvalue weighted by atomic mass is 16.5. The molecule has 1 aromatic carbocycles. The second-order valence-corrected chi connectivity index (χ2v) is 4.75. The second kappa shape index (κ2) is 10.3. The molecule has 0 aliphatic rings. The van der Waals surface area contributed by atoms with Crippen molar-refractivity contribution in [2.24, 2.45) is 0 Å². The van der Waals surface area contributed by atoms with E-state index < -0.39 is 0 Å². The second-order valence-electron chi connectivity index (χ2n) is 4.75. The Bertz CT molecular complexity index is 391. The topological polar surface area (TPSA) is 70.0 Å². The minimum atomic E-state index is -0.216. The van der Waals surface area contributed by atoms with Crippen molar-refractivity contribution < 1.29 is 19.7 Å². The van der Waals surface area contributed by atoms with Crippen LogP contribution in [0.3, 0.4) is 0 Å². The first kappa shape index (κ1) is 17.6. The van der Waals surface area contributed by atoms with Crippen molar-refractivity contribution in [3.8, 4) is 0 Å². The molecule has 0 amide bonds. The van der Waals surface area contributed by atoms with Gasteiger partial charge in [-0.1, -0.05) is 30.3 Å². The molecule has 118 valence electrons. The number of ether oxygens (including phenoxy) is 1. The molecule has 0 spiro atoms. The summed E-state index contributed by atoms with van der Waals surface area (Å²) in [5, 5.41) is 18.4. The van der Waals surface area contributed by atoms with Gasteiger partial charge in [-0.15, -0.1) is 0 Å². The maximum absolute atomic E-state index is 11.6. The van der Waals surface area contributed by atoms with Crippen LogP contribution in [0.4, 0.5) is 0 Å². The van der Waals surface area contributed by atoms with Gasteiger partial charge in [0.1, 0.15) is 0 Å². The molecule has 0 saturated carbocycles. The van der Waals surface area contributed by atoms with E-state index >= 15 is 0 Å². The normalized spacial score (nSPS) is 12.4. The summed E-state index contributed by atoms with van der Waals surface area (Å²) >= 11 is 0. The molecule has 0 aliphatic carbocycles. The SMILES string of the molecule is CCOC(=O)CCC(c1ccccc1)N(CCO)CCO. The standard InChI is InChI=1S/C16H25NO4/c1-2-21-16(20)9-8-15(14-6-4-3-5-7-14)17(10-12-18)11-13-19/h3-7,15,18-19H,2,8-13H2,1H3. The van der Waals surface area contributed by atoms with E-state index in [1.54, 1.807) is 6.92 Å². The van der Waals surface area contributed by atoms with Crippen LogP contribution >= 0.6 is 0 Å². The molecule has 2 N–H and O–H groups in total. The molecule has 5 heteroatoms. The zero-order valence-electron chi connectivity index (χ0n) is 12.6. The van der Waals surface area contributed by atoms with Crippen molar-refractivity contribution in [1.29, 1.82) is 0 Å². The molecular formula is C16H25NO4. The lowest BCUT2D eigenvalue weighted by molar-refractivity contribution is -0.143. The summed E-state index contributed by atoms with van der Waals surface area (Å²) < 4.78 is 4.97. The highest BCUT2D eigenvalue weighted by Gasteiger charge is 2.21. The van der Waals surface area contributed by atoms with Crippen LogP contribution in [-0.4, -0.2) is 54.0 Å². The monoisotopic (exact) mass is 295 g/mol. The van der Waals surface area contributed by atoms with E-state index in [9.17, 15) is 15.0 Å². The number of carbonyl (C=O) groups is 1. The van der Waals surface area contributed by atoms with Gasteiger partial charge in [0.15, 0.2) is 0 Å². The molecule has 0 heterocycles. The van der Waals surface area contributed by atoms with E-state index in [1.807, 2.05) is 35.2 Å². The maximum Gasteiger partial charge on any atom is 0.305 e. The van der Waals surface area contributed by atoms with E-state index in [0.717, 1.165) is 5.56 Å². The van der Waals surface area contributed by atoms with Gasteiger partial charge in [-0.05, 0) is 18.9 Å². The molecule has 1 aromatic rings. The number of nitrogens with zero attached hydrogens (tertiary/aromatic N) is 1. The van der Waals surface area contributed by atoms with E-state index in [1.165, 1.54) is 0 Å². The number of benzene rings is 1. The van der Waals surface area contributed by atoms with Crippen molar-refractivity contribution in [1.82, 2.24) is 4.90 Å². The average Bonchev–Trinajstić information content (AvgIpc) is 2.49. The van der Waals surface area contributed by atoms with E-state index in [0.29, 0.717) is 32.5 Å². The van der Waals surface area contributed by atoms with Crippen molar-refractivity contribution in [2.75, 3.05) is 32.9 Å². The van der Waals surface area contributed by atoms with Crippen LogP contribution in [0.15, 0.2) is 30.3 Å². The molecule has 0 radical (unpaired) electrons. The molecule has 1 unspecified atom stereocenters. The molecule has 0 aromatic heterocycles. The smallest absolute Gasteiger partial charge is 0.305 e. The quantitative estimate of drug-likeness (QED) is 0.638. The molecule has 21 heavy (non-hydrogen) atoms. The highest BCUT2D eigenvalue weighted by Crippen LogP contribution is 2.25. The van der Waals surface area contributed by atoms with Crippen LogP contribution in [0, 0.1) is 0 Å². The number of esters is 1. The van der Waals surface area contributed by atoms with Crippen LogP contribution in [-0.2, 0) is 9.53 Å². The average molecular weight is 295 g/mol. The molecule has 0 aliphatic heterocycles. The number of rotatable bonds is 10. The van der Waals surface area contributed by atoms with Crippen molar-refractivity contribution in [2.45, 2.75) is 25.8 Å². The Balaban J connectivity index is 2.80. The van der Waals surface area contributed by atoms with Gasteiger partial charge in [0.05, 0.1) is 19.8 Å². The molecule has 0 bridgehead atoms. The lowest BCUT2D eigenvalue weighted by atomic mass is 10.00. The molecule has 0 saturated heterocycles. The van der Waals surface area contributed by atoms with Crippen LogP contribution in [0.1, 0.15) is 31.4 Å². The van der Waals surface area contributed by atoms with Gasteiger partial charge in [0, 0.05) is 25.6 Å². The predicted octanol–water partition coefficient (Wildman–Crippen LogP) is 1.36. The van der Waals surface area contributed by atoms with Gasteiger partial charge in [0.2, 0.25) is 0 Å². The predicted molar refractivity (Wildman–Crippen MR) is 80.8 cm³/mol. The summed E-state index contributed by atoms with van der Waals surface area (Å²) in [5.74, 6) is -0.216. The first-order chi connectivity index (χ1) is 10.2. The largest absolute Gasteiger partial charge is 0.466 e. The van der Waals surface area contributed by atoms with E-state index in [-0.39, 0.29) is 25.2 Å². The van der Waals surface area contributed by atoms with Gasteiger partial charge in [-0.25, -0.2) is 0 Å². The van der Waals surface area contributed by atoms with E-state index in [4.69, 9.17) is 4.74 Å². The Kier molecular flexibility index (Phi) is 8.66. The van der Waals surface area contributed by atoms with Crippen LogP contribution in [0.2, 0.25) is 0 Å². The zero-order chi connectivity index (χ0) is 15.5. The number of hydrogen-bond donors (Lipinski definition) is 2. The van der Waals surface area contributed by atoms with Crippen LogP contribution < -0.4 is 0 Å². The van der Waals surface area contributed by atoms with Crippen molar-refractivity contribution >= 4 is 5.97 Å².